The highest BCUT2D eigenvalue weighted by atomic mass is 79.9. The van der Waals surface area contributed by atoms with Gasteiger partial charge in [0.15, 0.2) is 0 Å². The number of anilines is 1. The summed E-state index contributed by atoms with van der Waals surface area (Å²) < 4.78 is 14.5. The molecule has 4 heteroatoms. The first-order valence-electron chi connectivity index (χ1n) is 8.60. The molecule has 0 saturated carbocycles. The first-order valence-corrected chi connectivity index (χ1v) is 9.39. The average Bonchev–Trinajstić information content (AvgIpc) is 2.63. The summed E-state index contributed by atoms with van der Waals surface area (Å²) in [6.07, 6.45) is 0.827. The van der Waals surface area contributed by atoms with Crippen LogP contribution in [-0.2, 0) is 12.0 Å². The number of phenolic OH excluding ortho intramolecular Hbond substituents is 1. The van der Waals surface area contributed by atoms with Gasteiger partial charge >= 0.3 is 0 Å². The van der Waals surface area contributed by atoms with Crippen molar-refractivity contribution >= 4 is 21.6 Å². The number of phenols is 1. The van der Waals surface area contributed by atoms with Gasteiger partial charge in [0, 0.05) is 16.7 Å². The van der Waals surface area contributed by atoms with E-state index in [1.165, 1.54) is 12.1 Å². The first kappa shape index (κ1) is 17.1. The van der Waals surface area contributed by atoms with Crippen molar-refractivity contribution in [2.75, 3.05) is 11.4 Å². The Morgan fingerprint density at radius 1 is 1.00 bits per heavy atom. The van der Waals surface area contributed by atoms with E-state index in [1.807, 2.05) is 36.4 Å². The minimum Gasteiger partial charge on any atom is -0.508 e. The van der Waals surface area contributed by atoms with E-state index in [0.717, 1.165) is 39.8 Å². The molecule has 0 saturated heterocycles. The minimum atomic E-state index is -0.417. The Morgan fingerprint density at radius 3 is 2.38 bits per heavy atom. The predicted molar refractivity (Wildman–Crippen MR) is 106 cm³/mol. The second-order valence-electron chi connectivity index (χ2n) is 6.80. The topological polar surface area (TPSA) is 23.5 Å². The molecule has 132 valence electrons. The van der Waals surface area contributed by atoms with E-state index >= 15 is 0 Å². The first-order chi connectivity index (χ1) is 12.5. The fourth-order valence-corrected chi connectivity index (χ4v) is 4.22. The fourth-order valence-electron chi connectivity index (χ4n) is 3.96. The monoisotopic (exact) mass is 411 g/mol. The molecule has 0 spiro atoms. The highest BCUT2D eigenvalue weighted by Crippen LogP contribution is 2.44. The second-order valence-corrected chi connectivity index (χ2v) is 7.71. The lowest BCUT2D eigenvalue weighted by molar-refractivity contribution is 0.463. The van der Waals surface area contributed by atoms with Crippen molar-refractivity contribution in [2.45, 2.75) is 18.9 Å². The third-order valence-corrected chi connectivity index (χ3v) is 5.83. The van der Waals surface area contributed by atoms with Crippen LogP contribution in [-0.4, -0.2) is 11.7 Å². The van der Waals surface area contributed by atoms with Gasteiger partial charge in [0.1, 0.15) is 11.6 Å². The second kappa shape index (κ2) is 6.44. The summed E-state index contributed by atoms with van der Waals surface area (Å²) in [6, 6.07) is 20.6. The predicted octanol–water partition coefficient (Wildman–Crippen LogP) is 5.62. The van der Waals surface area contributed by atoms with E-state index in [2.05, 4.69) is 39.9 Å². The lowest BCUT2D eigenvalue weighted by atomic mass is 9.76. The maximum absolute atomic E-state index is 13.4. The van der Waals surface area contributed by atoms with Crippen molar-refractivity contribution in [3.8, 4) is 5.75 Å². The highest BCUT2D eigenvalue weighted by molar-refractivity contribution is 9.10. The number of hydrogen-bond donors (Lipinski definition) is 1. The van der Waals surface area contributed by atoms with E-state index in [1.54, 1.807) is 6.07 Å². The molecule has 4 rings (SSSR count). The fraction of sp³-hybridized carbons (Fsp3) is 0.182. The van der Waals surface area contributed by atoms with Gasteiger partial charge in [-0.05, 0) is 78.6 Å². The van der Waals surface area contributed by atoms with Gasteiger partial charge < -0.3 is 10.0 Å². The van der Waals surface area contributed by atoms with Crippen molar-refractivity contribution < 1.29 is 9.50 Å². The van der Waals surface area contributed by atoms with Gasteiger partial charge in [0.25, 0.3) is 0 Å². The third-order valence-electron chi connectivity index (χ3n) is 5.30. The van der Waals surface area contributed by atoms with Gasteiger partial charge in [-0.2, -0.15) is 0 Å². The van der Waals surface area contributed by atoms with E-state index < -0.39 is 5.54 Å². The molecule has 1 aliphatic rings. The van der Waals surface area contributed by atoms with E-state index in [0.29, 0.717) is 0 Å². The van der Waals surface area contributed by atoms with Crippen molar-refractivity contribution in [1.29, 1.82) is 0 Å². The number of hydrogen-bond acceptors (Lipinski definition) is 2. The Kier molecular flexibility index (Phi) is 4.23. The molecule has 0 amide bonds. The Morgan fingerprint density at radius 2 is 1.69 bits per heavy atom. The third kappa shape index (κ3) is 2.78. The van der Waals surface area contributed by atoms with Gasteiger partial charge in [-0.1, -0.05) is 34.1 Å². The van der Waals surface area contributed by atoms with Crippen molar-refractivity contribution in [2.24, 2.45) is 0 Å². The molecule has 2 nitrogen and oxygen atoms in total. The molecule has 3 aromatic rings. The Bertz CT molecular complexity index is 939. The quantitative estimate of drug-likeness (QED) is 0.591. The lowest BCUT2D eigenvalue weighted by Crippen LogP contribution is -2.49. The molecule has 1 N–H and O–H groups in total. The van der Waals surface area contributed by atoms with Gasteiger partial charge in [-0.3, -0.25) is 0 Å². The van der Waals surface area contributed by atoms with Gasteiger partial charge in [-0.25, -0.2) is 4.39 Å². The van der Waals surface area contributed by atoms with Crippen LogP contribution >= 0.6 is 15.9 Å². The Labute approximate surface area is 161 Å². The summed E-state index contributed by atoms with van der Waals surface area (Å²) in [5.74, 6) is 0.0542. The van der Waals surface area contributed by atoms with Crippen LogP contribution in [0.2, 0.25) is 0 Å². The molecular formula is C22H19BrFNO. The molecule has 0 aromatic heterocycles. The molecule has 1 aliphatic heterocycles. The standard InChI is InChI=1S/C22H19BrFNO/c1-22(16-2-4-17(23)5-3-16)21-11-10-20(26)14-15(21)12-13-25(22)19-8-6-18(24)7-9-19/h2-11,14,26H,12-13H2,1H3. The summed E-state index contributed by atoms with van der Waals surface area (Å²) in [5, 5.41) is 9.92. The molecule has 1 heterocycles. The van der Waals surface area contributed by atoms with Gasteiger partial charge in [0.2, 0.25) is 0 Å². The molecule has 26 heavy (non-hydrogen) atoms. The lowest BCUT2D eigenvalue weighted by Gasteiger charge is -2.48. The Balaban J connectivity index is 1.92. The molecular weight excluding hydrogens is 393 g/mol. The molecule has 3 aromatic carbocycles. The van der Waals surface area contributed by atoms with Gasteiger partial charge in [-0.15, -0.1) is 0 Å². The zero-order valence-electron chi connectivity index (χ0n) is 14.4. The van der Waals surface area contributed by atoms with Crippen LogP contribution in [0.3, 0.4) is 0 Å². The molecule has 1 atom stereocenters. The van der Waals surface area contributed by atoms with E-state index in [4.69, 9.17) is 0 Å². The van der Waals surface area contributed by atoms with Crippen LogP contribution in [0.5, 0.6) is 5.75 Å². The average molecular weight is 412 g/mol. The summed E-state index contributed by atoms with van der Waals surface area (Å²) in [6.45, 7) is 2.98. The van der Waals surface area contributed by atoms with Gasteiger partial charge in [0.05, 0.1) is 5.54 Å². The summed E-state index contributed by atoms with van der Waals surface area (Å²) >= 11 is 3.51. The molecule has 0 radical (unpaired) electrons. The summed E-state index contributed by atoms with van der Waals surface area (Å²) in [5.41, 5.74) is 4.02. The van der Waals surface area contributed by atoms with Crippen LogP contribution in [0.4, 0.5) is 10.1 Å². The van der Waals surface area contributed by atoms with Crippen molar-refractivity contribution in [1.82, 2.24) is 0 Å². The number of rotatable bonds is 2. The zero-order valence-corrected chi connectivity index (χ0v) is 16.0. The number of nitrogens with zero attached hydrogens (tertiary/aromatic N) is 1. The van der Waals surface area contributed by atoms with E-state index in [9.17, 15) is 9.50 Å². The van der Waals surface area contributed by atoms with Crippen molar-refractivity contribution in [3.63, 3.8) is 0 Å². The molecule has 0 bridgehead atoms. The maximum Gasteiger partial charge on any atom is 0.123 e. The van der Waals surface area contributed by atoms with Crippen LogP contribution < -0.4 is 4.90 Å². The SMILES string of the molecule is CC1(c2ccc(Br)cc2)c2ccc(O)cc2CCN1c1ccc(F)cc1. The smallest absolute Gasteiger partial charge is 0.123 e. The largest absolute Gasteiger partial charge is 0.508 e. The van der Waals surface area contributed by atoms with E-state index in [-0.39, 0.29) is 11.6 Å². The number of fused-ring (bicyclic) bond motifs is 1. The normalized spacial score (nSPS) is 19.3. The molecule has 0 aliphatic carbocycles. The van der Waals surface area contributed by atoms with Crippen LogP contribution in [0.25, 0.3) is 0 Å². The molecule has 0 fully saturated rings. The highest BCUT2D eigenvalue weighted by Gasteiger charge is 2.40. The Hall–Kier alpha value is -2.33. The number of benzene rings is 3. The summed E-state index contributed by atoms with van der Waals surface area (Å²) in [4.78, 5) is 2.31. The van der Waals surface area contributed by atoms with Crippen LogP contribution in [0.15, 0.2) is 71.2 Å². The summed E-state index contributed by atoms with van der Waals surface area (Å²) in [7, 11) is 0. The van der Waals surface area contributed by atoms with Crippen LogP contribution in [0.1, 0.15) is 23.6 Å². The number of aromatic hydroxyl groups is 1. The molecule has 1 unspecified atom stereocenters. The number of halogens is 2. The van der Waals surface area contributed by atoms with Crippen LogP contribution in [0, 0.1) is 5.82 Å². The maximum atomic E-state index is 13.4. The minimum absolute atomic E-state index is 0.235. The zero-order chi connectivity index (χ0) is 18.3. The van der Waals surface area contributed by atoms with Crippen molar-refractivity contribution in [3.05, 3.63) is 93.7 Å².